The van der Waals surface area contributed by atoms with Crippen molar-refractivity contribution in [1.29, 1.82) is 0 Å². The van der Waals surface area contributed by atoms with Crippen LogP contribution in [0, 0.1) is 22.9 Å². The third kappa shape index (κ3) is 3.22. The highest BCUT2D eigenvalue weighted by molar-refractivity contribution is 5.53. The van der Waals surface area contributed by atoms with E-state index in [4.69, 9.17) is 5.73 Å². The molecule has 8 heteroatoms. The lowest BCUT2D eigenvalue weighted by Gasteiger charge is -2.14. The number of halogens is 1. The maximum absolute atomic E-state index is 13.5. The van der Waals surface area contributed by atoms with Gasteiger partial charge in [-0.1, -0.05) is 12.1 Å². The van der Waals surface area contributed by atoms with Crippen LogP contribution in [0.1, 0.15) is 24.1 Å². The average molecular weight is 291 g/mol. The summed E-state index contributed by atoms with van der Waals surface area (Å²) in [6.45, 7) is 3.47. The summed E-state index contributed by atoms with van der Waals surface area (Å²) in [5, 5.41) is 13.5. The Morgan fingerprint density at radius 2 is 2.19 bits per heavy atom. The maximum atomic E-state index is 13.5. The second-order valence-electron chi connectivity index (χ2n) is 4.60. The molecule has 0 aliphatic rings. The van der Waals surface area contributed by atoms with Gasteiger partial charge in [-0.05, 0) is 31.0 Å². The molecule has 0 fully saturated rings. The van der Waals surface area contributed by atoms with Crippen LogP contribution in [0.4, 0.5) is 21.8 Å². The van der Waals surface area contributed by atoms with Gasteiger partial charge in [0.05, 0.1) is 11.0 Å². The molecule has 2 aromatic rings. The Morgan fingerprint density at radius 1 is 1.48 bits per heavy atom. The van der Waals surface area contributed by atoms with E-state index in [-0.39, 0.29) is 29.3 Å². The maximum Gasteiger partial charge on any atom is 0.329 e. The van der Waals surface area contributed by atoms with E-state index in [2.05, 4.69) is 15.3 Å². The molecule has 3 N–H and O–H groups in total. The van der Waals surface area contributed by atoms with Crippen LogP contribution in [-0.2, 0) is 0 Å². The van der Waals surface area contributed by atoms with E-state index in [0.717, 1.165) is 6.20 Å². The molecule has 0 saturated carbocycles. The van der Waals surface area contributed by atoms with Crippen molar-refractivity contribution in [3.63, 3.8) is 0 Å². The van der Waals surface area contributed by atoms with Crippen molar-refractivity contribution in [3.8, 4) is 0 Å². The first-order valence-corrected chi connectivity index (χ1v) is 6.18. The van der Waals surface area contributed by atoms with Gasteiger partial charge in [0.1, 0.15) is 12.0 Å². The van der Waals surface area contributed by atoms with Crippen molar-refractivity contribution in [2.45, 2.75) is 19.9 Å². The van der Waals surface area contributed by atoms with Crippen LogP contribution in [0.15, 0.2) is 24.4 Å². The van der Waals surface area contributed by atoms with Crippen LogP contribution in [0.5, 0.6) is 0 Å². The summed E-state index contributed by atoms with van der Waals surface area (Å²) >= 11 is 0. The van der Waals surface area contributed by atoms with E-state index >= 15 is 0 Å². The first kappa shape index (κ1) is 14.6. The van der Waals surface area contributed by atoms with Crippen LogP contribution in [0.25, 0.3) is 0 Å². The molecular formula is C13H14FN5O2. The molecule has 0 aliphatic carbocycles. The fourth-order valence-corrected chi connectivity index (χ4v) is 1.75. The van der Waals surface area contributed by atoms with Gasteiger partial charge in [0.2, 0.25) is 11.8 Å². The van der Waals surface area contributed by atoms with Gasteiger partial charge >= 0.3 is 5.69 Å². The lowest BCUT2D eigenvalue weighted by Crippen LogP contribution is -2.11. The first-order chi connectivity index (χ1) is 9.88. The molecular weight excluding hydrogens is 277 g/mol. The summed E-state index contributed by atoms with van der Waals surface area (Å²) in [6, 6.07) is 4.60. The predicted molar refractivity (Wildman–Crippen MR) is 76.3 cm³/mol. The van der Waals surface area contributed by atoms with Gasteiger partial charge in [-0.3, -0.25) is 10.1 Å². The molecule has 0 aliphatic heterocycles. The molecule has 1 aromatic heterocycles. The largest absolute Gasteiger partial charge is 0.378 e. The first-order valence-electron chi connectivity index (χ1n) is 6.18. The Bertz CT molecular complexity index is 692. The van der Waals surface area contributed by atoms with Gasteiger partial charge < -0.3 is 11.1 Å². The molecule has 1 unspecified atom stereocenters. The second kappa shape index (κ2) is 5.70. The molecule has 0 bridgehead atoms. The number of nitrogens with zero attached hydrogens (tertiary/aromatic N) is 3. The molecule has 0 amide bonds. The van der Waals surface area contributed by atoms with Gasteiger partial charge in [-0.2, -0.15) is 4.98 Å². The van der Waals surface area contributed by atoms with Crippen molar-refractivity contribution in [3.05, 3.63) is 51.5 Å². The van der Waals surface area contributed by atoms with E-state index < -0.39 is 4.92 Å². The number of anilines is 2. The molecule has 0 radical (unpaired) electrons. The molecule has 1 atom stereocenters. The van der Waals surface area contributed by atoms with Gasteiger partial charge in [0, 0.05) is 0 Å². The van der Waals surface area contributed by atoms with Crippen molar-refractivity contribution < 1.29 is 9.31 Å². The highest BCUT2D eigenvalue weighted by atomic mass is 19.1. The standard InChI is InChI=1S/C13H14FN5O2/c1-7-3-4-9(5-10(7)14)8(2)17-13-16-6-11(19(20)21)12(15)18-13/h3-6,8H,1-2H3,(H3,15,16,17,18). The van der Waals surface area contributed by atoms with E-state index in [1.807, 2.05) is 0 Å². The number of nitrogens with one attached hydrogen (secondary N) is 1. The summed E-state index contributed by atoms with van der Waals surface area (Å²) in [4.78, 5) is 17.6. The Hall–Kier alpha value is -2.77. The number of rotatable bonds is 4. The minimum Gasteiger partial charge on any atom is -0.378 e. The number of hydrogen-bond donors (Lipinski definition) is 2. The van der Waals surface area contributed by atoms with Crippen molar-refractivity contribution >= 4 is 17.5 Å². The van der Waals surface area contributed by atoms with Crippen LogP contribution in [-0.4, -0.2) is 14.9 Å². The van der Waals surface area contributed by atoms with Crippen molar-refractivity contribution in [2.75, 3.05) is 11.1 Å². The summed E-state index contributed by atoms with van der Waals surface area (Å²) in [7, 11) is 0. The van der Waals surface area contributed by atoms with E-state index in [0.29, 0.717) is 11.1 Å². The Balaban J connectivity index is 2.19. The second-order valence-corrected chi connectivity index (χ2v) is 4.60. The normalized spacial score (nSPS) is 12.0. The van der Waals surface area contributed by atoms with E-state index in [1.165, 1.54) is 6.07 Å². The highest BCUT2D eigenvalue weighted by Gasteiger charge is 2.15. The van der Waals surface area contributed by atoms with Crippen LogP contribution in [0.3, 0.4) is 0 Å². The van der Waals surface area contributed by atoms with Gasteiger partial charge in [0.15, 0.2) is 0 Å². The number of aromatic nitrogens is 2. The smallest absolute Gasteiger partial charge is 0.329 e. The average Bonchev–Trinajstić information content (AvgIpc) is 2.41. The predicted octanol–water partition coefficient (Wildman–Crippen LogP) is 2.59. The number of aryl methyl sites for hydroxylation is 1. The summed E-state index contributed by atoms with van der Waals surface area (Å²) in [6.07, 6.45) is 1.03. The Morgan fingerprint density at radius 3 is 2.76 bits per heavy atom. The topological polar surface area (TPSA) is 107 Å². The van der Waals surface area contributed by atoms with Gasteiger partial charge in [-0.15, -0.1) is 0 Å². The number of benzene rings is 1. The quantitative estimate of drug-likeness (QED) is 0.662. The van der Waals surface area contributed by atoms with E-state index in [9.17, 15) is 14.5 Å². The highest BCUT2D eigenvalue weighted by Crippen LogP contribution is 2.22. The molecule has 2 rings (SSSR count). The van der Waals surface area contributed by atoms with E-state index in [1.54, 1.807) is 26.0 Å². The minimum atomic E-state index is -0.655. The molecule has 7 nitrogen and oxygen atoms in total. The summed E-state index contributed by atoms with van der Waals surface area (Å²) < 4.78 is 13.5. The van der Waals surface area contributed by atoms with Crippen LogP contribution >= 0.6 is 0 Å². The summed E-state index contributed by atoms with van der Waals surface area (Å²) in [5.74, 6) is -0.378. The SMILES string of the molecule is Cc1ccc(C(C)Nc2ncc([N+](=O)[O-])c(N)n2)cc1F. The fraction of sp³-hybridized carbons (Fsp3) is 0.231. The zero-order valence-electron chi connectivity index (χ0n) is 11.5. The molecule has 0 saturated heterocycles. The van der Waals surface area contributed by atoms with Crippen molar-refractivity contribution in [2.24, 2.45) is 0 Å². The lowest BCUT2D eigenvalue weighted by molar-refractivity contribution is -0.384. The minimum absolute atomic E-state index is 0.145. The number of nitrogens with two attached hydrogens (primary N) is 1. The number of nitro groups is 1. The molecule has 1 aromatic carbocycles. The lowest BCUT2D eigenvalue weighted by atomic mass is 10.1. The Kier molecular flexibility index (Phi) is 3.97. The zero-order chi connectivity index (χ0) is 15.6. The van der Waals surface area contributed by atoms with Crippen molar-refractivity contribution in [1.82, 2.24) is 9.97 Å². The fourth-order valence-electron chi connectivity index (χ4n) is 1.75. The number of hydrogen-bond acceptors (Lipinski definition) is 6. The van der Waals surface area contributed by atoms with Crippen LogP contribution in [0.2, 0.25) is 0 Å². The zero-order valence-corrected chi connectivity index (χ0v) is 11.5. The molecule has 21 heavy (non-hydrogen) atoms. The van der Waals surface area contributed by atoms with Gasteiger partial charge in [0.25, 0.3) is 0 Å². The monoisotopic (exact) mass is 291 g/mol. The third-order valence-corrected chi connectivity index (χ3v) is 3.04. The van der Waals surface area contributed by atoms with Gasteiger partial charge in [-0.25, -0.2) is 9.37 Å². The molecule has 110 valence electrons. The van der Waals surface area contributed by atoms with Crippen LogP contribution < -0.4 is 11.1 Å². The summed E-state index contributed by atoms with van der Waals surface area (Å²) in [5.41, 5.74) is 6.40. The number of nitrogen functional groups attached to an aromatic ring is 1. The molecule has 0 spiro atoms. The Labute approximate surface area is 120 Å². The molecule has 1 heterocycles. The third-order valence-electron chi connectivity index (χ3n) is 3.04.